The van der Waals surface area contributed by atoms with Gasteiger partial charge in [0.2, 0.25) is 0 Å². The molecule has 2 rings (SSSR count). The third-order valence-corrected chi connectivity index (χ3v) is 4.28. The maximum Gasteiger partial charge on any atom is 0.0672 e. The Balaban J connectivity index is 2.12. The molecule has 0 spiro atoms. The summed E-state index contributed by atoms with van der Waals surface area (Å²) in [4.78, 5) is 0. The molecule has 0 heterocycles. The van der Waals surface area contributed by atoms with Gasteiger partial charge in [0, 0.05) is 12.5 Å². The van der Waals surface area contributed by atoms with Gasteiger partial charge in [0.25, 0.3) is 0 Å². The third-order valence-electron chi connectivity index (χ3n) is 4.28. The zero-order valence-corrected chi connectivity index (χ0v) is 9.63. The molecular weight excluding hydrogens is 188 g/mol. The van der Waals surface area contributed by atoms with Crippen LogP contribution in [0.3, 0.4) is 0 Å². The van der Waals surface area contributed by atoms with Gasteiger partial charge < -0.3 is 10.2 Å². The van der Waals surface area contributed by atoms with Crippen LogP contribution in [0.5, 0.6) is 0 Å². The molecule has 0 aliphatic heterocycles. The van der Waals surface area contributed by atoms with Gasteiger partial charge in [-0.3, -0.25) is 0 Å². The Bertz CT molecular complexity index is 266. The highest BCUT2D eigenvalue weighted by Crippen LogP contribution is 2.39. The molecule has 0 radical (unpaired) electrons. The molecule has 86 valence electrons. The van der Waals surface area contributed by atoms with Gasteiger partial charge in [-0.2, -0.15) is 0 Å². The summed E-state index contributed by atoms with van der Waals surface area (Å²) in [5.41, 5.74) is 2.56. The Labute approximate surface area is 92.0 Å². The van der Waals surface area contributed by atoms with E-state index >= 15 is 0 Å². The first-order chi connectivity index (χ1) is 7.13. The Morgan fingerprint density at radius 2 is 1.87 bits per heavy atom. The average Bonchev–Trinajstić information content (AvgIpc) is 2.61. The molecule has 0 aromatic carbocycles. The van der Waals surface area contributed by atoms with Crippen LogP contribution >= 0.6 is 0 Å². The molecule has 0 saturated heterocycles. The summed E-state index contributed by atoms with van der Waals surface area (Å²) in [6.45, 7) is 2.00. The SMILES string of the molecule is C[C@@]1(O)CCC2=C(CCC2)CC[C@H]1CO. The highest BCUT2D eigenvalue weighted by atomic mass is 16.3. The molecule has 0 fully saturated rings. The lowest BCUT2D eigenvalue weighted by atomic mass is 9.78. The number of rotatable bonds is 1. The van der Waals surface area contributed by atoms with Crippen molar-refractivity contribution >= 4 is 0 Å². The highest BCUT2D eigenvalue weighted by molar-refractivity contribution is 5.21. The Kier molecular flexibility index (Phi) is 3.17. The van der Waals surface area contributed by atoms with Gasteiger partial charge >= 0.3 is 0 Å². The van der Waals surface area contributed by atoms with Crippen LogP contribution in [-0.2, 0) is 0 Å². The van der Waals surface area contributed by atoms with Crippen LogP contribution in [0, 0.1) is 5.92 Å². The lowest BCUT2D eigenvalue weighted by Gasteiger charge is -2.34. The van der Waals surface area contributed by atoms with Crippen molar-refractivity contribution in [3.8, 4) is 0 Å². The first-order valence-corrected chi connectivity index (χ1v) is 6.16. The maximum absolute atomic E-state index is 10.3. The van der Waals surface area contributed by atoms with Gasteiger partial charge in [0.1, 0.15) is 0 Å². The molecule has 2 aliphatic rings. The van der Waals surface area contributed by atoms with E-state index in [0.717, 1.165) is 25.7 Å². The van der Waals surface area contributed by atoms with Crippen molar-refractivity contribution in [3.63, 3.8) is 0 Å². The molecule has 0 bridgehead atoms. The summed E-state index contributed by atoms with van der Waals surface area (Å²) in [7, 11) is 0. The van der Waals surface area contributed by atoms with Crippen LogP contribution in [-0.4, -0.2) is 22.4 Å². The summed E-state index contributed by atoms with van der Waals surface area (Å²) in [6, 6.07) is 0. The fourth-order valence-electron chi connectivity index (χ4n) is 3.03. The first kappa shape index (κ1) is 11.2. The fraction of sp³-hybridized carbons (Fsp3) is 0.846. The van der Waals surface area contributed by atoms with Gasteiger partial charge in [-0.25, -0.2) is 0 Å². The zero-order valence-electron chi connectivity index (χ0n) is 9.63. The molecule has 0 amide bonds. The van der Waals surface area contributed by atoms with E-state index in [1.165, 1.54) is 19.3 Å². The van der Waals surface area contributed by atoms with Crippen molar-refractivity contribution in [2.75, 3.05) is 6.61 Å². The van der Waals surface area contributed by atoms with Gasteiger partial charge in [0.15, 0.2) is 0 Å². The minimum absolute atomic E-state index is 0.0622. The third kappa shape index (κ3) is 2.26. The average molecular weight is 210 g/mol. The predicted octanol–water partition coefficient (Wildman–Crippen LogP) is 2.40. The quantitative estimate of drug-likeness (QED) is 0.652. The fourth-order valence-corrected chi connectivity index (χ4v) is 3.03. The van der Waals surface area contributed by atoms with E-state index in [1.807, 2.05) is 6.92 Å². The number of hydrogen-bond acceptors (Lipinski definition) is 2. The lowest BCUT2D eigenvalue weighted by molar-refractivity contribution is -0.0352. The second-order valence-corrected chi connectivity index (χ2v) is 5.34. The predicted molar refractivity (Wildman–Crippen MR) is 60.5 cm³/mol. The number of hydrogen-bond donors (Lipinski definition) is 2. The molecule has 2 heteroatoms. The van der Waals surface area contributed by atoms with Crippen LogP contribution in [0.4, 0.5) is 0 Å². The zero-order chi connectivity index (χ0) is 10.9. The van der Waals surface area contributed by atoms with Crippen LogP contribution < -0.4 is 0 Å². The number of allylic oxidation sites excluding steroid dienone is 2. The van der Waals surface area contributed by atoms with Gasteiger partial charge in [0.05, 0.1) is 5.60 Å². The van der Waals surface area contributed by atoms with E-state index in [1.54, 1.807) is 11.1 Å². The Hall–Kier alpha value is -0.340. The standard InChI is InChI=1S/C13H22O2/c1-13(15)8-7-11-4-2-3-10(11)5-6-12(13)9-14/h12,14-15H,2-9H2,1H3/t12-,13+/m0/s1. The summed E-state index contributed by atoms with van der Waals surface area (Å²) in [5.74, 6) is 0.0622. The topological polar surface area (TPSA) is 40.5 Å². The Morgan fingerprint density at radius 3 is 2.53 bits per heavy atom. The maximum atomic E-state index is 10.3. The number of aliphatic hydroxyl groups is 2. The van der Waals surface area contributed by atoms with E-state index in [-0.39, 0.29) is 12.5 Å². The van der Waals surface area contributed by atoms with Gasteiger partial charge in [-0.05, 0) is 51.9 Å². The monoisotopic (exact) mass is 210 g/mol. The molecule has 0 aromatic rings. The minimum atomic E-state index is -0.671. The largest absolute Gasteiger partial charge is 0.396 e. The van der Waals surface area contributed by atoms with Crippen LogP contribution in [0.25, 0.3) is 0 Å². The smallest absolute Gasteiger partial charge is 0.0672 e. The molecule has 2 atom stereocenters. The number of aliphatic hydroxyl groups excluding tert-OH is 1. The normalized spacial score (nSPS) is 37.4. The van der Waals surface area contributed by atoms with E-state index in [0.29, 0.717) is 0 Å². The first-order valence-electron chi connectivity index (χ1n) is 6.16. The van der Waals surface area contributed by atoms with Crippen molar-refractivity contribution in [2.24, 2.45) is 5.92 Å². The second kappa shape index (κ2) is 4.26. The molecule has 15 heavy (non-hydrogen) atoms. The van der Waals surface area contributed by atoms with Crippen molar-refractivity contribution in [1.82, 2.24) is 0 Å². The molecule has 2 nitrogen and oxygen atoms in total. The second-order valence-electron chi connectivity index (χ2n) is 5.34. The molecule has 2 aliphatic carbocycles. The van der Waals surface area contributed by atoms with Crippen LogP contribution in [0.15, 0.2) is 11.1 Å². The van der Waals surface area contributed by atoms with Gasteiger partial charge in [-0.15, -0.1) is 0 Å². The van der Waals surface area contributed by atoms with E-state index in [4.69, 9.17) is 0 Å². The summed E-state index contributed by atoms with van der Waals surface area (Å²) < 4.78 is 0. The van der Waals surface area contributed by atoms with Crippen LogP contribution in [0.2, 0.25) is 0 Å². The molecule has 2 N–H and O–H groups in total. The molecular formula is C13H22O2. The summed E-state index contributed by atoms with van der Waals surface area (Å²) in [6.07, 6.45) is 7.70. The van der Waals surface area contributed by atoms with Crippen LogP contribution in [0.1, 0.15) is 51.9 Å². The molecule has 0 saturated carbocycles. The van der Waals surface area contributed by atoms with E-state index in [2.05, 4.69) is 0 Å². The summed E-state index contributed by atoms with van der Waals surface area (Å²) in [5, 5.41) is 19.6. The van der Waals surface area contributed by atoms with E-state index < -0.39 is 5.60 Å². The van der Waals surface area contributed by atoms with Gasteiger partial charge in [-0.1, -0.05) is 11.1 Å². The highest BCUT2D eigenvalue weighted by Gasteiger charge is 2.33. The van der Waals surface area contributed by atoms with Crippen molar-refractivity contribution < 1.29 is 10.2 Å². The van der Waals surface area contributed by atoms with Crippen molar-refractivity contribution in [2.45, 2.75) is 57.5 Å². The van der Waals surface area contributed by atoms with Crippen molar-refractivity contribution in [1.29, 1.82) is 0 Å². The summed E-state index contributed by atoms with van der Waals surface area (Å²) >= 11 is 0. The molecule has 0 aromatic heterocycles. The van der Waals surface area contributed by atoms with Crippen molar-refractivity contribution in [3.05, 3.63) is 11.1 Å². The lowest BCUT2D eigenvalue weighted by Crippen LogP contribution is -2.37. The van der Waals surface area contributed by atoms with E-state index in [9.17, 15) is 10.2 Å². The molecule has 0 unspecified atom stereocenters. The minimum Gasteiger partial charge on any atom is -0.396 e. The Morgan fingerprint density at radius 1 is 1.20 bits per heavy atom.